The van der Waals surface area contributed by atoms with E-state index in [0.717, 1.165) is 24.0 Å². The van der Waals surface area contributed by atoms with E-state index in [1.807, 2.05) is 4.90 Å². The summed E-state index contributed by atoms with van der Waals surface area (Å²) in [5.74, 6) is 0.0351. The second-order valence-corrected chi connectivity index (χ2v) is 5.15. The molecule has 0 unspecified atom stereocenters. The lowest BCUT2D eigenvalue weighted by molar-refractivity contribution is 0.0741. The SMILES string of the molecule is O=C(c1ccc(Cl)c(Br)c1)N1CCCOCC1. The van der Waals surface area contributed by atoms with Gasteiger partial charge in [-0.25, -0.2) is 0 Å². The van der Waals surface area contributed by atoms with Crippen LogP contribution in [0.4, 0.5) is 0 Å². The summed E-state index contributed by atoms with van der Waals surface area (Å²) >= 11 is 9.23. The average Bonchev–Trinajstić information content (AvgIpc) is 2.60. The van der Waals surface area contributed by atoms with Gasteiger partial charge in [0.2, 0.25) is 0 Å². The molecule has 1 aromatic rings. The largest absolute Gasteiger partial charge is 0.380 e. The standard InChI is InChI=1S/C12H13BrClNO2/c13-10-8-9(2-3-11(10)14)12(16)15-4-1-6-17-7-5-15/h2-3,8H,1,4-7H2. The summed E-state index contributed by atoms with van der Waals surface area (Å²) < 4.78 is 6.08. The molecule has 3 nitrogen and oxygen atoms in total. The van der Waals surface area contributed by atoms with Crippen LogP contribution in [-0.4, -0.2) is 37.1 Å². The molecule has 0 aromatic heterocycles. The minimum Gasteiger partial charge on any atom is -0.380 e. The number of halogens is 2. The zero-order valence-corrected chi connectivity index (χ0v) is 11.6. The van der Waals surface area contributed by atoms with Crippen molar-refractivity contribution in [3.63, 3.8) is 0 Å². The van der Waals surface area contributed by atoms with Crippen molar-refractivity contribution in [2.75, 3.05) is 26.3 Å². The van der Waals surface area contributed by atoms with E-state index in [-0.39, 0.29) is 5.91 Å². The Morgan fingerprint density at radius 2 is 2.18 bits per heavy atom. The van der Waals surface area contributed by atoms with Gasteiger partial charge in [-0.1, -0.05) is 11.6 Å². The number of rotatable bonds is 1. The predicted octanol–water partition coefficient (Wildman–Crippen LogP) is 2.97. The van der Waals surface area contributed by atoms with Gasteiger partial charge in [0.15, 0.2) is 0 Å². The molecule has 1 aliphatic heterocycles. The van der Waals surface area contributed by atoms with Crippen molar-refractivity contribution >= 4 is 33.4 Å². The van der Waals surface area contributed by atoms with E-state index in [9.17, 15) is 4.79 Å². The molecular weight excluding hydrogens is 305 g/mol. The lowest BCUT2D eigenvalue weighted by Crippen LogP contribution is -2.33. The fourth-order valence-electron chi connectivity index (χ4n) is 1.76. The van der Waals surface area contributed by atoms with Crippen LogP contribution >= 0.6 is 27.5 Å². The van der Waals surface area contributed by atoms with Crippen LogP contribution in [0.5, 0.6) is 0 Å². The number of hydrogen-bond donors (Lipinski definition) is 0. The monoisotopic (exact) mass is 317 g/mol. The van der Waals surface area contributed by atoms with Crippen molar-refractivity contribution < 1.29 is 9.53 Å². The third kappa shape index (κ3) is 3.21. The fourth-order valence-corrected chi connectivity index (χ4v) is 2.26. The van der Waals surface area contributed by atoms with Crippen molar-refractivity contribution in [2.45, 2.75) is 6.42 Å². The summed E-state index contributed by atoms with van der Waals surface area (Å²) in [4.78, 5) is 14.0. The topological polar surface area (TPSA) is 29.5 Å². The first-order valence-corrected chi connectivity index (χ1v) is 6.67. The van der Waals surface area contributed by atoms with Crippen LogP contribution in [0.25, 0.3) is 0 Å². The van der Waals surface area contributed by atoms with Crippen LogP contribution < -0.4 is 0 Å². The van der Waals surface area contributed by atoms with Crippen molar-refractivity contribution in [1.82, 2.24) is 4.90 Å². The molecule has 1 amide bonds. The predicted molar refractivity (Wildman–Crippen MR) is 70.5 cm³/mol. The molecule has 0 N–H and O–H groups in total. The molecule has 1 heterocycles. The molecule has 0 saturated carbocycles. The van der Waals surface area contributed by atoms with Crippen LogP contribution in [0.2, 0.25) is 5.02 Å². The first-order chi connectivity index (χ1) is 8.18. The van der Waals surface area contributed by atoms with Crippen molar-refractivity contribution in [3.8, 4) is 0 Å². The molecule has 1 fully saturated rings. The lowest BCUT2D eigenvalue weighted by atomic mass is 10.2. The minimum atomic E-state index is 0.0351. The summed E-state index contributed by atoms with van der Waals surface area (Å²) in [6.45, 7) is 2.74. The summed E-state index contributed by atoms with van der Waals surface area (Å²) in [5.41, 5.74) is 0.656. The summed E-state index contributed by atoms with van der Waals surface area (Å²) in [7, 11) is 0. The Hall–Kier alpha value is -0.580. The number of ether oxygens (including phenoxy) is 1. The van der Waals surface area contributed by atoms with Crippen LogP contribution in [0, 0.1) is 0 Å². The molecule has 92 valence electrons. The fraction of sp³-hybridized carbons (Fsp3) is 0.417. The Bertz CT molecular complexity index is 417. The molecule has 5 heteroatoms. The van der Waals surface area contributed by atoms with Gasteiger partial charge in [0, 0.05) is 29.7 Å². The highest BCUT2D eigenvalue weighted by molar-refractivity contribution is 9.10. The van der Waals surface area contributed by atoms with Crippen LogP contribution in [0.15, 0.2) is 22.7 Å². The number of amides is 1. The molecule has 0 radical (unpaired) electrons. The number of hydrogen-bond acceptors (Lipinski definition) is 2. The van der Waals surface area contributed by atoms with Crippen molar-refractivity contribution in [2.24, 2.45) is 0 Å². The first-order valence-electron chi connectivity index (χ1n) is 5.50. The van der Waals surface area contributed by atoms with E-state index in [4.69, 9.17) is 16.3 Å². The number of carbonyl (C=O) groups is 1. The number of nitrogens with zero attached hydrogens (tertiary/aromatic N) is 1. The normalized spacial score (nSPS) is 16.7. The first kappa shape index (κ1) is 12.9. The summed E-state index contributed by atoms with van der Waals surface area (Å²) in [5, 5.41) is 0.612. The van der Waals surface area contributed by atoms with Gasteiger partial charge >= 0.3 is 0 Å². The maximum atomic E-state index is 12.2. The molecule has 0 bridgehead atoms. The molecule has 1 saturated heterocycles. The third-order valence-electron chi connectivity index (χ3n) is 2.68. The summed E-state index contributed by atoms with van der Waals surface area (Å²) in [6.07, 6.45) is 0.889. The maximum absolute atomic E-state index is 12.2. The van der Waals surface area contributed by atoms with Gasteiger partial charge in [-0.3, -0.25) is 4.79 Å². The van der Waals surface area contributed by atoms with Crippen molar-refractivity contribution in [1.29, 1.82) is 0 Å². The molecule has 0 spiro atoms. The Morgan fingerprint density at radius 3 is 2.94 bits per heavy atom. The molecular formula is C12H13BrClNO2. The highest BCUT2D eigenvalue weighted by atomic mass is 79.9. The summed E-state index contributed by atoms with van der Waals surface area (Å²) in [6, 6.07) is 5.24. The molecule has 0 atom stereocenters. The lowest BCUT2D eigenvalue weighted by Gasteiger charge is -2.19. The Balaban J connectivity index is 2.14. The van der Waals surface area contributed by atoms with Gasteiger partial charge < -0.3 is 9.64 Å². The van der Waals surface area contributed by atoms with Gasteiger partial charge in [0.25, 0.3) is 5.91 Å². The van der Waals surface area contributed by atoms with E-state index in [2.05, 4.69) is 15.9 Å². The van der Waals surface area contributed by atoms with Gasteiger partial charge in [0.05, 0.1) is 11.6 Å². The van der Waals surface area contributed by atoms with E-state index < -0.39 is 0 Å². The zero-order chi connectivity index (χ0) is 12.3. The Kier molecular flexibility index (Phi) is 4.42. The molecule has 2 rings (SSSR count). The van der Waals surface area contributed by atoms with Crippen molar-refractivity contribution in [3.05, 3.63) is 33.3 Å². The maximum Gasteiger partial charge on any atom is 0.253 e. The van der Waals surface area contributed by atoms with Gasteiger partial charge in [-0.05, 0) is 40.5 Å². The van der Waals surface area contributed by atoms with E-state index in [1.165, 1.54) is 0 Å². The number of carbonyl (C=O) groups excluding carboxylic acids is 1. The van der Waals surface area contributed by atoms with E-state index in [0.29, 0.717) is 23.7 Å². The zero-order valence-electron chi connectivity index (χ0n) is 9.29. The van der Waals surface area contributed by atoms with Crippen LogP contribution in [0.1, 0.15) is 16.8 Å². The smallest absolute Gasteiger partial charge is 0.253 e. The average molecular weight is 319 g/mol. The Morgan fingerprint density at radius 1 is 1.35 bits per heavy atom. The van der Waals surface area contributed by atoms with Crippen LogP contribution in [-0.2, 0) is 4.74 Å². The van der Waals surface area contributed by atoms with Gasteiger partial charge in [-0.15, -0.1) is 0 Å². The van der Waals surface area contributed by atoms with E-state index >= 15 is 0 Å². The highest BCUT2D eigenvalue weighted by Gasteiger charge is 2.17. The van der Waals surface area contributed by atoms with E-state index in [1.54, 1.807) is 18.2 Å². The molecule has 17 heavy (non-hydrogen) atoms. The van der Waals surface area contributed by atoms with Gasteiger partial charge in [0.1, 0.15) is 0 Å². The Labute approximate surface area is 114 Å². The molecule has 1 aromatic carbocycles. The highest BCUT2D eigenvalue weighted by Crippen LogP contribution is 2.24. The third-order valence-corrected chi connectivity index (χ3v) is 3.89. The molecule has 1 aliphatic rings. The molecule has 0 aliphatic carbocycles. The van der Waals surface area contributed by atoms with Gasteiger partial charge in [-0.2, -0.15) is 0 Å². The second kappa shape index (κ2) is 5.85. The second-order valence-electron chi connectivity index (χ2n) is 3.89. The van der Waals surface area contributed by atoms with Crippen LogP contribution in [0.3, 0.4) is 0 Å². The quantitative estimate of drug-likeness (QED) is 0.797. The minimum absolute atomic E-state index is 0.0351. The number of benzene rings is 1.